The number of methoxy groups -OCH3 is 1. The molecule has 0 N–H and O–H groups in total. The van der Waals surface area contributed by atoms with Gasteiger partial charge in [-0.25, -0.2) is 0 Å². The summed E-state index contributed by atoms with van der Waals surface area (Å²) in [5.74, 6) is 0.710. The van der Waals surface area contributed by atoms with Gasteiger partial charge in [0.15, 0.2) is 0 Å². The van der Waals surface area contributed by atoms with E-state index in [1.165, 1.54) is 30.4 Å². The molecule has 0 amide bonds. The molecule has 0 saturated heterocycles. The summed E-state index contributed by atoms with van der Waals surface area (Å²) in [5.41, 5.74) is 6.21. The molecule has 1 aliphatic carbocycles. The quantitative estimate of drug-likeness (QED) is 0.618. The van der Waals surface area contributed by atoms with Gasteiger partial charge < -0.3 is 4.74 Å². The fourth-order valence-electron chi connectivity index (χ4n) is 2.47. The molecule has 0 spiro atoms. The highest BCUT2D eigenvalue weighted by Gasteiger charge is 2.23. The van der Waals surface area contributed by atoms with Crippen LogP contribution in [-0.2, 0) is 4.74 Å². The zero-order chi connectivity index (χ0) is 11.4. The Kier molecular flexibility index (Phi) is 4.59. The first-order valence-corrected chi connectivity index (χ1v) is 5.93. The van der Waals surface area contributed by atoms with Gasteiger partial charge >= 0.3 is 0 Å². The molecule has 0 fully saturated rings. The number of hydrogen-bond acceptors (Lipinski definition) is 1. The Morgan fingerprint density at radius 3 is 1.93 bits per heavy atom. The lowest BCUT2D eigenvalue weighted by Crippen LogP contribution is -2.01. The summed E-state index contributed by atoms with van der Waals surface area (Å²) in [5, 5.41) is 0. The molecule has 1 nitrogen and oxygen atoms in total. The molecule has 0 bridgehead atoms. The van der Waals surface area contributed by atoms with E-state index in [4.69, 9.17) is 4.74 Å². The van der Waals surface area contributed by atoms with Crippen molar-refractivity contribution in [3.63, 3.8) is 0 Å². The van der Waals surface area contributed by atoms with Gasteiger partial charge in [0.25, 0.3) is 0 Å². The first-order chi connectivity index (χ1) is 7.09. The molecule has 0 aromatic carbocycles. The first kappa shape index (κ1) is 12.5. The second kappa shape index (κ2) is 5.50. The summed E-state index contributed by atoms with van der Waals surface area (Å²) < 4.78 is 5.08. The summed E-state index contributed by atoms with van der Waals surface area (Å²) in [6.45, 7) is 9.98. The summed E-state index contributed by atoms with van der Waals surface area (Å²) in [6, 6.07) is 0. The third-order valence-corrected chi connectivity index (χ3v) is 3.88. The standard InChI is InChI=1S/C14H24O/c1-10-11(2)13(4)14(12(10)3)8-6-7-9-15-5/h14H,6-9H2,1-5H3. The van der Waals surface area contributed by atoms with Crippen LogP contribution in [0, 0.1) is 5.92 Å². The lowest BCUT2D eigenvalue weighted by Gasteiger charge is -2.14. The normalized spacial score (nSPS) is 18.2. The van der Waals surface area contributed by atoms with Crippen molar-refractivity contribution in [3.05, 3.63) is 22.3 Å². The van der Waals surface area contributed by atoms with Crippen LogP contribution in [0.4, 0.5) is 0 Å². The summed E-state index contributed by atoms with van der Waals surface area (Å²) in [7, 11) is 1.78. The lowest BCUT2D eigenvalue weighted by molar-refractivity contribution is 0.191. The minimum atomic E-state index is 0.710. The maximum atomic E-state index is 5.08. The molecule has 0 aromatic heterocycles. The van der Waals surface area contributed by atoms with Gasteiger partial charge in [0.1, 0.15) is 0 Å². The van der Waals surface area contributed by atoms with Gasteiger partial charge in [0.2, 0.25) is 0 Å². The third-order valence-electron chi connectivity index (χ3n) is 3.88. The highest BCUT2D eigenvalue weighted by molar-refractivity contribution is 5.46. The topological polar surface area (TPSA) is 9.23 Å². The Morgan fingerprint density at radius 1 is 0.933 bits per heavy atom. The van der Waals surface area contributed by atoms with E-state index in [2.05, 4.69) is 27.7 Å². The molecule has 1 rings (SSSR count). The molecule has 0 radical (unpaired) electrons. The Balaban J connectivity index is 2.50. The minimum Gasteiger partial charge on any atom is -0.385 e. The average Bonchev–Trinajstić information content (AvgIpc) is 2.41. The van der Waals surface area contributed by atoms with Crippen molar-refractivity contribution in [1.82, 2.24) is 0 Å². The van der Waals surface area contributed by atoms with Gasteiger partial charge in [-0.1, -0.05) is 17.6 Å². The van der Waals surface area contributed by atoms with E-state index in [-0.39, 0.29) is 0 Å². The molecular weight excluding hydrogens is 184 g/mol. The SMILES string of the molecule is COCCCCC1C(C)=C(C)C(C)=C1C. The molecule has 0 aliphatic heterocycles. The molecule has 0 unspecified atom stereocenters. The first-order valence-electron chi connectivity index (χ1n) is 5.93. The van der Waals surface area contributed by atoms with Crippen molar-refractivity contribution in [1.29, 1.82) is 0 Å². The number of hydrogen-bond donors (Lipinski definition) is 0. The molecule has 1 aliphatic rings. The van der Waals surface area contributed by atoms with Crippen molar-refractivity contribution in [2.24, 2.45) is 5.92 Å². The van der Waals surface area contributed by atoms with E-state index in [9.17, 15) is 0 Å². The largest absolute Gasteiger partial charge is 0.385 e. The van der Waals surface area contributed by atoms with Crippen LogP contribution < -0.4 is 0 Å². The van der Waals surface area contributed by atoms with Gasteiger partial charge in [-0.3, -0.25) is 0 Å². The van der Waals surface area contributed by atoms with Crippen molar-refractivity contribution in [3.8, 4) is 0 Å². The summed E-state index contributed by atoms with van der Waals surface area (Å²) in [4.78, 5) is 0. The van der Waals surface area contributed by atoms with E-state index in [1.54, 1.807) is 18.3 Å². The predicted octanol–water partition coefficient (Wildman–Crippen LogP) is 4.11. The van der Waals surface area contributed by atoms with Crippen molar-refractivity contribution < 1.29 is 4.74 Å². The predicted molar refractivity (Wildman–Crippen MR) is 66.0 cm³/mol. The van der Waals surface area contributed by atoms with E-state index in [1.807, 2.05) is 0 Å². The van der Waals surface area contributed by atoms with E-state index in [0.29, 0.717) is 5.92 Å². The van der Waals surface area contributed by atoms with Crippen LogP contribution in [0.1, 0.15) is 47.0 Å². The van der Waals surface area contributed by atoms with Crippen molar-refractivity contribution in [2.75, 3.05) is 13.7 Å². The Hall–Kier alpha value is -0.560. The molecule has 86 valence electrons. The molecule has 0 saturated carbocycles. The van der Waals surface area contributed by atoms with Crippen LogP contribution in [0.3, 0.4) is 0 Å². The second-order valence-electron chi connectivity index (χ2n) is 4.66. The zero-order valence-corrected chi connectivity index (χ0v) is 10.8. The van der Waals surface area contributed by atoms with Gasteiger partial charge in [0.05, 0.1) is 0 Å². The van der Waals surface area contributed by atoms with Crippen LogP contribution >= 0.6 is 0 Å². The zero-order valence-electron chi connectivity index (χ0n) is 10.8. The Bertz CT molecular complexity index is 260. The highest BCUT2D eigenvalue weighted by atomic mass is 16.5. The van der Waals surface area contributed by atoms with Gasteiger partial charge in [-0.15, -0.1) is 0 Å². The van der Waals surface area contributed by atoms with Crippen LogP contribution in [-0.4, -0.2) is 13.7 Å². The molecule has 15 heavy (non-hydrogen) atoms. The van der Waals surface area contributed by atoms with Crippen molar-refractivity contribution >= 4 is 0 Å². The molecule has 1 heteroatoms. The Morgan fingerprint density at radius 2 is 1.47 bits per heavy atom. The number of rotatable bonds is 5. The maximum Gasteiger partial charge on any atom is 0.0462 e. The van der Waals surface area contributed by atoms with Gasteiger partial charge in [-0.2, -0.15) is 0 Å². The monoisotopic (exact) mass is 208 g/mol. The van der Waals surface area contributed by atoms with Crippen LogP contribution in [0.25, 0.3) is 0 Å². The average molecular weight is 208 g/mol. The van der Waals surface area contributed by atoms with Crippen molar-refractivity contribution in [2.45, 2.75) is 47.0 Å². The minimum absolute atomic E-state index is 0.710. The fourth-order valence-corrected chi connectivity index (χ4v) is 2.47. The number of allylic oxidation sites excluding steroid dienone is 4. The molecular formula is C14H24O. The third kappa shape index (κ3) is 2.72. The summed E-state index contributed by atoms with van der Waals surface area (Å²) in [6.07, 6.45) is 3.75. The second-order valence-corrected chi connectivity index (χ2v) is 4.66. The van der Waals surface area contributed by atoms with Gasteiger partial charge in [0, 0.05) is 19.6 Å². The lowest BCUT2D eigenvalue weighted by atomic mass is 9.91. The van der Waals surface area contributed by atoms with E-state index < -0.39 is 0 Å². The Labute approximate surface area is 94.2 Å². The smallest absolute Gasteiger partial charge is 0.0462 e. The molecule has 0 atom stereocenters. The van der Waals surface area contributed by atoms with Crippen LogP contribution in [0.2, 0.25) is 0 Å². The van der Waals surface area contributed by atoms with Gasteiger partial charge in [-0.05, 0) is 51.7 Å². The van der Waals surface area contributed by atoms with Crippen LogP contribution in [0.15, 0.2) is 22.3 Å². The van der Waals surface area contributed by atoms with Crippen LogP contribution in [0.5, 0.6) is 0 Å². The molecule has 0 aromatic rings. The highest BCUT2D eigenvalue weighted by Crippen LogP contribution is 2.39. The van der Waals surface area contributed by atoms with E-state index in [0.717, 1.165) is 6.61 Å². The number of unbranched alkanes of at least 4 members (excludes halogenated alkanes) is 1. The van der Waals surface area contributed by atoms with E-state index >= 15 is 0 Å². The summed E-state index contributed by atoms with van der Waals surface area (Å²) >= 11 is 0. The maximum absolute atomic E-state index is 5.08. The number of ether oxygens (including phenoxy) is 1. The fraction of sp³-hybridized carbons (Fsp3) is 0.714. The molecule has 0 heterocycles.